The second kappa shape index (κ2) is 20.7. The molecule has 2 aliphatic heterocycles. The molecule has 10 nitrogen and oxygen atoms in total. The molecule has 0 fully saturated rings. The van der Waals surface area contributed by atoms with E-state index in [1.54, 1.807) is 52.0 Å². The molecule has 6 aromatic rings. The van der Waals surface area contributed by atoms with E-state index in [2.05, 4.69) is 0 Å². The fourth-order valence-electron chi connectivity index (χ4n) is 8.55. The normalized spacial score (nSPS) is 15.6. The monoisotopic (exact) mass is 984 g/mol. The number of alkyl halides is 6. The van der Waals surface area contributed by atoms with Gasteiger partial charge in [-0.15, -0.1) is 0 Å². The van der Waals surface area contributed by atoms with E-state index in [1.807, 2.05) is 21.3 Å². The number of carbonyl (C=O) groups excluding carboxylic acids is 2. The van der Waals surface area contributed by atoms with Crippen molar-refractivity contribution in [2.45, 2.75) is 116 Å². The Balaban J connectivity index is 0.000000218. The van der Waals surface area contributed by atoms with Crippen molar-refractivity contribution in [3.63, 3.8) is 0 Å². The summed E-state index contributed by atoms with van der Waals surface area (Å²) in [5.41, 5.74) is 2.25. The first kappa shape index (κ1) is 51.4. The van der Waals surface area contributed by atoms with Gasteiger partial charge in [-0.2, -0.15) is 26.3 Å². The number of aryl methyl sites for hydroxylation is 2. The summed E-state index contributed by atoms with van der Waals surface area (Å²) < 4.78 is 107. The smallest absolute Gasteiger partial charge is 0.550 e. The predicted octanol–water partition coefficient (Wildman–Crippen LogP) is 10.2. The minimum atomic E-state index is -4.55. The summed E-state index contributed by atoms with van der Waals surface area (Å²) in [5.74, 6) is -2.22. The molecule has 352 valence electrons. The molecule has 67 heavy (non-hydrogen) atoms. The zero-order valence-electron chi connectivity index (χ0n) is 36.8. The van der Waals surface area contributed by atoms with E-state index in [1.165, 1.54) is 24.3 Å². The van der Waals surface area contributed by atoms with Gasteiger partial charge in [-0.1, -0.05) is 35.3 Å². The van der Waals surface area contributed by atoms with Crippen molar-refractivity contribution >= 4 is 80.0 Å². The summed E-state index contributed by atoms with van der Waals surface area (Å²) in [4.78, 5) is 22.1. The molecule has 8 rings (SSSR count). The Labute approximate surface area is 407 Å². The van der Waals surface area contributed by atoms with Gasteiger partial charge in [0.1, 0.15) is 36.2 Å². The van der Waals surface area contributed by atoms with E-state index in [0.29, 0.717) is 69.4 Å². The van der Waals surface area contributed by atoms with Crippen molar-refractivity contribution in [3.8, 4) is 23.0 Å². The van der Waals surface area contributed by atoms with Crippen molar-refractivity contribution in [2.75, 3.05) is 0 Å². The molecule has 0 amide bonds. The number of nitrogens with zero attached hydrogens (tertiary/aromatic N) is 2. The third kappa shape index (κ3) is 11.7. The SMILES string of the molecule is CC(C)Oc1ccc(COc2ccc3c(c2)c(Cl)c2n3CC[C@@H]2CC(=O)[O-])cc1C(F)(F)F.CC(C)Oc1ccc(COc2ccc3c(c2)c(Cl)c2n3CC[C@@H]2CC(=O)[O-])cc1C(F)(F)F.[Mg+2]. The number of benzene rings is 4. The first-order valence-corrected chi connectivity index (χ1v) is 21.9. The largest absolute Gasteiger partial charge is 2.00 e. The minimum Gasteiger partial charge on any atom is -0.550 e. The van der Waals surface area contributed by atoms with Gasteiger partial charge in [-0.05, 0) is 125 Å². The number of halogens is 8. The van der Waals surface area contributed by atoms with Crippen molar-refractivity contribution < 1.29 is 65.1 Å². The van der Waals surface area contributed by atoms with Gasteiger partial charge in [0.05, 0.1) is 44.4 Å². The summed E-state index contributed by atoms with van der Waals surface area (Å²) in [6.07, 6.45) is -8.73. The third-order valence-corrected chi connectivity index (χ3v) is 12.1. The summed E-state index contributed by atoms with van der Waals surface area (Å²) in [6, 6.07) is 18.3. The Morgan fingerprint density at radius 3 is 1.33 bits per heavy atom. The molecule has 19 heteroatoms. The van der Waals surface area contributed by atoms with Gasteiger partial charge in [0.15, 0.2) is 0 Å². The molecule has 2 aliphatic rings. The van der Waals surface area contributed by atoms with Crippen LogP contribution in [0.25, 0.3) is 21.8 Å². The maximum atomic E-state index is 13.5. The Kier molecular flexibility index (Phi) is 15.9. The molecule has 0 N–H and O–H groups in total. The molecule has 0 radical (unpaired) electrons. The van der Waals surface area contributed by atoms with Crippen LogP contribution in [0.3, 0.4) is 0 Å². The predicted molar refractivity (Wildman–Crippen MR) is 237 cm³/mol. The molecule has 0 unspecified atom stereocenters. The number of fused-ring (bicyclic) bond motifs is 6. The Morgan fingerprint density at radius 1 is 0.627 bits per heavy atom. The number of ether oxygens (including phenoxy) is 4. The fraction of sp³-hybridized carbons (Fsp3) is 0.375. The number of aromatic nitrogens is 2. The summed E-state index contributed by atoms with van der Waals surface area (Å²) >= 11 is 13.1. The van der Waals surface area contributed by atoms with Gasteiger partial charge in [-0.3, -0.25) is 0 Å². The molecule has 2 aromatic heterocycles. The first-order valence-electron chi connectivity index (χ1n) is 21.1. The Hall–Kier alpha value is -4.97. The molecule has 0 bridgehead atoms. The summed E-state index contributed by atoms with van der Waals surface area (Å²) in [5, 5.41) is 24.5. The zero-order valence-corrected chi connectivity index (χ0v) is 39.7. The molecular weight excluding hydrogens is 942 g/mol. The van der Waals surface area contributed by atoms with Crippen LogP contribution in [0.5, 0.6) is 23.0 Å². The second-order valence-electron chi connectivity index (χ2n) is 16.8. The van der Waals surface area contributed by atoms with Crippen LogP contribution in [-0.2, 0) is 48.2 Å². The van der Waals surface area contributed by atoms with E-state index >= 15 is 0 Å². The van der Waals surface area contributed by atoms with Crippen LogP contribution in [0.1, 0.15) is 98.9 Å². The minimum absolute atomic E-state index is 0. The number of hydrogen-bond donors (Lipinski definition) is 0. The number of carbonyl (C=O) groups is 2. The van der Waals surface area contributed by atoms with E-state index in [-0.39, 0.29) is 84.7 Å². The second-order valence-corrected chi connectivity index (χ2v) is 17.5. The van der Waals surface area contributed by atoms with E-state index < -0.39 is 35.4 Å². The number of carboxylic acids is 2. The molecule has 4 aromatic carbocycles. The zero-order chi connectivity index (χ0) is 47.8. The number of aliphatic carboxylic acids is 2. The van der Waals surface area contributed by atoms with Crippen molar-refractivity contribution in [1.82, 2.24) is 9.13 Å². The van der Waals surface area contributed by atoms with Crippen molar-refractivity contribution in [3.05, 3.63) is 116 Å². The van der Waals surface area contributed by atoms with Crippen LogP contribution in [0.2, 0.25) is 10.0 Å². The number of rotatable bonds is 14. The molecule has 0 aliphatic carbocycles. The molecule has 0 saturated heterocycles. The molecule has 2 atom stereocenters. The van der Waals surface area contributed by atoms with Crippen LogP contribution in [0, 0.1) is 0 Å². The van der Waals surface area contributed by atoms with Gasteiger partial charge < -0.3 is 47.9 Å². The standard InChI is InChI=1S/2C24H23ClF3NO4.Mg/c2*1-13(2)33-20-6-3-14(9-18(20)24(26,27)28)12-32-16-4-5-19-17(11-16)22(25)23-15(10-21(30)31)7-8-29(19)23;/h2*3-6,9,11,13,15H,7-8,10,12H2,1-2H3,(H,30,31);/q;;+2/p-2/t2*15-;/m11./s1. The number of carboxylic acid groups (broad SMARTS) is 2. The third-order valence-electron chi connectivity index (χ3n) is 11.3. The quantitative estimate of drug-likeness (QED) is 0.0780. The first-order chi connectivity index (χ1) is 31.1. The molecule has 0 saturated carbocycles. The topological polar surface area (TPSA) is 127 Å². The Bertz CT molecular complexity index is 2600. The Morgan fingerprint density at radius 2 is 1.00 bits per heavy atom. The van der Waals surface area contributed by atoms with Crippen LogP contribution in [-0.4, -0.2) is 56.3 Å². The average Bonchev–Trinajstić information content (AvgIpc) is 3.97. The van der Waals surface area contributed by atoms with E-state index in [0.717, 1.165) is 34.6 Å². The molecule has 0 spiro atoms. The van der Waals surface area contributed by atoms with Gasteiger partial charge >= 0.3 is 35.4 Å². The fourth-order valence-corrected chi connectivity index (χ4v) is 9.37. The van der Waals surface area contributed by atoms with Gasteiger partial charge in [0.25, 0.3) is 0 Å². The van der Waals surface area contributed by atoms with Crippen LogP contribution >= 0.6 is 23.2 Å². The van der Waals surface area contributed by atoms with Crippen LogP contribution < -0.4 is 29.2 Å². The van der Waals surface area contributed by atoms with Crippen LogP contribution in [0.4, 0.5) is 26.3 Å². The van der Waals surface area contributed by atoms with Gasteiger partial charge in [0.2, 0.25) is 0 Å². The van der Waals surface area contributed by atoms with Crippen molar-refractivity contribution in [2.24, 2.45) is 0 Å². The van der Waals surface area contributed by atoms with Crippen LogP contribution in [0.15, 0.2) is 72.8 Å². The molecular formula is C48H44Cl2F6MgN2O8. The maximum Gasteiger partial charge on any atom is 2.00 e. The van der Waals surface area contributed by atoms with Gasteiger partial charge in [-0.25, -0.2) is 0 Å². The summed E-state index contributed by atoms with van der Waals surface area (Å²) in [6.45, 7) is 7.81. The van der Waals surface area contributed by atoms with E-state index in [9.17, 15) is 46.1 Å². The molecule has 4 heterocycles. The maximum absolute atomic E-state index is 13.5. The number of hydrogen-bond acceptors (Lipinski definition) is 8. The average molecular weight is 986 g/mol. The summed E-state index contributed by atoms with van der Waals surface area (Å²) in [7, 11) is 0. The van der Waals surface area contributed by atoms with Gasteiger partial charge in [0, 0.05) is 59.0 Å². The van der Waals surface area contributed by atoms with Crippen molar-refractivity contribution in [1.29, 1.82) is 0 Å². The van der Waals surface area contributed by atoms with E-state index in [4.69, 9.17) is 42.1 Å².